The van der Waals surface area contributed by atoms with Gasteiger partial charge in [-0.1, -0.05) is 26.1 Å². The molecule has 16 nitrogen and oxygen atoms in total. The van der Waals surface area contributed by atoms with E-state index in [2.05, 4.69) is 52.3 Å². The van der Waals surface area contributed by atoms with Crippen LogP contribution >= 0.6 is 67.2 Å². The highest BCUT2D eigenvalue weighted by molar-refractivity contribution is 8.11. The zero-order chi connectivity index (χ0) is 43.4. The van der Waals surface area contributed by atoms with Gasteiger partial charge in [0, 0.05) is 64.5 Å². The fourth-order valence-electron chi connectivity index (χ4n) is 0. The van der Waals surface area contributed by atoms with E-state index in [1.807, 2.05) is 13.8 Å². The molecule has 49 heavy (non-hydrogen) atoms. The maximum absolute atomic E-state index is 10.4. The molecule has 0 aromatic rings. The molecule has 6 N–H and O–H groups in total. The molecular weight excluding hydrogens is 830 g/mol. The number of ketones is 1. The van der Waals surface area contributed by atoms with E-state index in [0.29, 0.717) is 4.20 Å². The first-order valence-corrected chi connectivity index (χ1v) is 26.4. The Hall–Kier alpha value is 0.520. The van der Waals surface area contributed by atoms with Crippen LogP contribution in [-0.4, -0.2) is 137 Å². The third-order valence-corrected chi connectivity index (χ3v) is 2.03. The summed E-state index contributed by atoms with van der Waals surface area (Å²) in [5.41, 5.74) is 4.50. The van der Waals surface area contributed by atoms with E-state index in [9.17, 15) is 31.5 Å². The Kier molecular flexibility index (Phi) is 108. The number of thiol groups is 2. The molecule has 0 aliphatic carbocycles. The lowest BCUT2D eigenvalue weighted by atomic mass is 10.6. The number of sulfone groups is 1. The van der Waals surface area contributed by atoms with Gasteiger partial charge in [0.15, 0.2) is 14.7 Å². The van der Waals surface area contributed by atoms with Crippen molar-refractivity contribution in [2.45, 2.75) is 48.5 Å². The predicted molar refractivity (Wildman–Crippen MR) is 218 cm³/mol. The van der Waals surface area contributed by atoms with Crippen LogP contribution in [0.4, 0.5) is 0 Å². The topological polar surface area (TPSA) is 279 Å². The first-order chi connectivity index (χ1) is 20.7. The molecule has 0 aliphatic rings. The Morgan fingerprint density at radius 2 is 0.816 bits per heavy atom. The quantitative estimate of drug-likeness (QED) is 0.0908. The lowest BCUT2D eigenvalue weighted by Crippen LogP contribution is -3.00. The minimum atomic E-state index is -4.15. The number of rotatable bonds is 2. The van der Waals surface area contributed by atoms with E-state index >= 15 is 0 Å². The number of hydrogen-bond acceptors (Lipinski definition) is 14. The molecule has 0 aromatic heterocycles. The molecule has 0 rings (SSSR count). The van der Waals surface area contributed by atoms with Crippen molar-refractivity contribution in [2.24, 2.45) is 5.73 Å². The van der Waals surface area contributed by atoms with Gasteiger partial charge in [0.25, 0.3) is 5.97 Å². The third kappa shape index (κ3) is 2470. The van der Waals surface area contributed by atoms with Gasteiger partial charge in [0.05, 0.1) is 7.14 Å². The maximum Gasteiger partial charge on any atom is 0.469 e. The van der Waals surface area contributed by atoms with E-state index in [1.54, 1.807) is 46.5 Å². The second-order valence-corrected chi connectivity index (χ2v) is 23.1. The van der Waals surface area contributed by atoms with Gasteiger partial charge in [0.2, 0.25) is 0 Å². The second kappa shape index (κ2) is 60.6. The Morgan fingerprint density at radius 1 is 0.776 bits per heavy atom. The third-order valence-electron chi connectivity index (χ3n) is 0.678. The standard InChI is InChI=1S/C3H9O2P.C3H9OP.C3H6O.C2H7O2P.C2H6O2S.C2H4O2.C2H4O.C2H4S2.C2H6.CH5N.CH5O4P.CH4S.ClH/c1-5-6(2,3)4;1-5(2,3)4;1-3(2)4;2*1-5(2,3)4;1-2(3)4;1-2-3;1-2(3)4;2*1-2;1-5-6(2,3)4;1-2;/h1-3H3;1-3H3;1-2H3;1-2H3,(H,3,4);1-2H3;1H3,(H,3,4);2H,1H3;1H3,(H,3,4);1-2H3;2H2,1H3;1H3,(H2,2,3,4);2H,1H3;1H/p-1. The van der Waals surface area contributed by atoms with Crippen molar-refractivity contribution in [3.63, 3.8) is 0 Å². The largest absolute Gasteiger partial charge is 1.00 e. The van der Waals surface area contributed by atoms with Crippen LogP contribution < -0.4 is 18.1 Å². The summed E-state index contributed by atoms with van der Waals surface area (Å²) in [7, 11) is -9.35. The summed E-state index contributed by atoms with van der Waals surface area (Å²) in [6, 6.07) is 0. The van der Waals surface area contributed by atoms with Gasteiger partial charge in [-0.05, 0) is 61.0 Å². The van der Waals surface area contributed by atoms with E-state index in [4.69, 9.17) is 29.4 Å². The highest BCUT2D eigenvalue weighted by atomic mass is 35.5. The van der Waals surface area contributed by atoms with Gasteiger partial charge in [-0.2, -0.15) is 12.6 Å². The summed E-state index contributed by atoms with van der Waals surface area (Å²) in [6.07, 6.45) is 4.76. The Balaban J connectivity index is -0.0000000266. The number of thiocarbonyl (C=S) groups is 1. The number of carboxylic acids is 1. The van der Waals surface area contributed by atoms with Gasteiger partial charge in [0.1, 0.15) is 21.9 Å². The van der Waals surface area contributed by atoms with Crippen LogP contribution in [0.25, 0.3) is 0 Å². The lowest BCUT2D eigenvalue weighted by molar-refractivity contribution is -0.134. The van der Waals surface area contributed by atoms with Crippen molar-refractivity contribution < 1.29 is 82.3 Å². The molecule has 0 spiro atoms. The molecule has 312 valence electrons. The zero-order valence-corrected chi connectivity index (χ0v) is 40.6. The van der Waals surface area contributed by atoms with Crippen LogP contribution in [-0.2, 0) is 51.5 Å². The lowest BCUT2D eigenvalue weighted by Gasteiger charge is -1.98. The van der Waals surface area contributed by atoms with Crippen LogP contribution in [0.1, 0.15) is 48.5 Å². The van der Waals surface area contributed by atoms with Crippen molar-refractivity contribution in [1.29, 1.82) is 0 Å². The maximum atomic E-state index is 10.4. The number of Topliss-reactive ketones (excluding diaryl/α,β-unsaturated/α-hetero) is 1. The Bertz CT molecular complexity index is 876. The van der Waals surface area contributed by atoms with E-state index in [-0.39, 0.29) is 18.2 Å². The minimum absolute atomic E-state index is 0. The minimum Gasteiger partial charge on any atom is -1.00 e. The summed E-state index contributed by atoms with van der Waals surface area (Å²) in [5, 5.41) is 7.42. The second-order valence-electron chi connectivity index (χ2n) is 8.62. The van der Waals surface area contributed by atoms with Gasteiger partial charge in [-0.15, -0.1) is 12.6 Å². The number of carboxylic acid groups (broad SMARTS) is 1. The van der Waals surface area contributed by atoms with E-state index in [0.717, 1.165) is 32.8 Å². The average Bonchev–Trinajstić information content (AvgIpc) is 2.79. The highest BCUT2D eigenvalue weighted by Crippen LogP contribution is 2.35. The Morgan fingerprint density at radius 3 is 0.816 bits per heavy atom. The van der Waals surface area contributed by atoms with Gasteiger partial charge < -0.3 is 56.6 Å². The molecule has 0 fully saturated rings. The number of carbonyl (C=O) groups excluding carboxylic acids is 2. The van der Waals surface area contributed by atoms with Crippen molar-refractivity contribution in [2.75, 3.05) is 86.7 Å². The number of carbonyl (C=O) groups is 3. The smallest absolute Gasteiger partial charge is 0.469 e. The van der Waals surface area contributed by atoms with Crippen LogP contribution in [0.2, 0.25) is 0 Å². The SMILES string of the molecule is CC.CC(=O)O.CC(=S)S.CC(C)=O.CC=O.CN.COP(=O)(O)O.COP(C)(C)=O.CP(C)(=O)O.CP(C)(C)=O.CS.CS(C)(=O)=O.[Cl-]. The number of hydrogen-bond donors (Lipinski definition) is 7. The van der Waals surface area contributed by atoms with Crippen molar-refractivity contribution >= 4 is 99.3 Å². The monoisotopic (exact) mass is 898 g/mol. The molecule has 0 amide bonds. The van der Waals surface area contributed by atoms with Crippen molar-refractivity contribution in [1.82, 2.24) is 0 Å². The van der Waals surface area contributed by atoms with Gasteiger partial charge in [-0.3, -0.25) is 18.4 Å². The summed E-state index contributed by atoms with van der Waals surface area (Å²) in [5.74, 6) is -0.667. The molecular formula is C24H69ClNO15P4S4-. The van der Waals surface area contributed by atoms with E-state index in [1.165, 1.54) is 48.3 Å². The number of halogens is 1. The first kappa shape index (κ1) is 87.4. The summed E-state index contributed by atoms with van der Waals surface area (Å²) in [6.45, 7) is 22.3. The molecule has 0 bridgehead atoms. The molecule has 25 heteroatoms. The van der Waals surface area contributed by atoms with Gasteiger partial charge in [-0.25, -0.2) is 13.0 Å². The Labute approximate surface area is 320 Å². The molecule has 0 heterocycles. The fraction of sp³-hybridized carbons (Fsp3) is 0.833. The molecule has 0 atom stereocenters. The summed E-state index contributed by atoms with van der Waals surface area (Å²) in [4.78, 5) is 50.8. The molecule has 0 unspecified atom stereocenters. The van der Waals surface area contributed by atoms with E-state index < -0.39 is 45.5 Å². The molecule has 0 aromatic carbocycles. The predicted octanol–water partition coefficient (Wildman–Crippen LogP) is 2.62. The number of aliphatic carboxylic acids is 1. The van der Waals surface area contributed by atoms with Crippen LogP contribution in [0.15, 0.2) is 0 Å². The van der Waals surface area contributed by atoms with Crippen molar-refractivity contribution in [3.8, 4) is 0 Å². The molecule has 0 radical (unpaired) electrons. The number of nitrogens with two attached hydrogens (primary N) is 1. The van der Waals surface area contributed by atoms with Gasteiger partial charge >= 0.3 is 7.82 Å². The highest BCUT2D eigenvalue weighted by Gasteiger charge is 2.07. The summed E-state index contributed by atoms with van der Waals surface area (Å²) < 4.78 is 67.9. The molecule has 0 saturated heterocycles. The van der Waals surface area contributed by atoms with Crippen LogP contribution in [0.5, 0.6) is 0 Å². The number of phosphoric ester groups is 1. The normalized spacial score (nSPS) is 8.69. The summed E-state index contributed by atoms with van der Waals surface area (Å²) >= 11 is 11.6. The van der Waals surface area contributed by atoms with Crippen LogP contribution in [0, 0.1) is 0 Å². The average molecular weight is 899 g/mol. The van der Waals surface area contributed by atoms with Crippen LogP contribution in [0.3, 0.4) is 0 Å². The first-order valence-electron chi connectivity index (χ1n) is 12.7. The molecule has 0 aliphatic heterocycles. The fourth-order valence-corrected chi connectivity index (χ4v) is 0. The zero-order valence-electron chi connectivity index (χ0n) is 32.8. The molecule has 0 saturated carbocycles. The number of phosphoric acid groups is 1. The van der Waals surface area contributed by atoms with Crippen molar-refractivity contribution in [3.05, 3.63) is 0 Å². The number of aldehydes is 1.